The van der Waals surface area contributed by atoms with Crippen LogP contribution in [-0.4, -0.2) is 31.0 Å². The number of fused-ring (bicyclic) bond motifs is 1. The van der Waals surface area contributed by atoms with E-state index in [0.29, 0.717) is 5.92 Å². The molecule has 0 unspecified atom stereocenters. The summed E-state index contributed by atoms with van der Waals surface area (Å²) in [5, 5.41) is 0. The molecule has 0 saturated carbocycles. The molecule has 1 atom stereocenters. The molecular formula is C20H26FN5. The maximum absolute atomic E-state index is 13.5. The second-order valence-electron chi connectivity index (χ2n) is 7.70. The van der Waals surface area contributed by atoms with Crippen LogP contribution in [0.25, 0.3) is 11.0 Å². The van der Waals surface area contributed by atoms with Gasteiger partial charge in [-0.2, -0.15) is 0 Å². The Balaban J connectivity index is 1.59. The van der Waals surface area contributed by atoms with E-state index in [1.54, 1.807) is 6.07 Å². The fourth-order valence-corrected chi connectivity index (χ4v) is 3.89. The number of nitrogens with one attached hydrogen (secondary N) is 1. The van der Waals surface area contributed by atoms with Gasteiger partial charge in [0, 0.05) is 19.3 Å². The van der Waals surface area contributed by atoms with Crippen LogP contribution in [0.4, 0.5) is 4.39 Å². The highest BCUT2D eigenvalue weighted by atomic mass is 19.1. The number of piperidine rings is 1. The van der Waals surface area contributed by atoms with Crippen molar-refractivity contribution in [2.45, 2.75) is 52.2 Å². The molecule has 4 rings (SSSR count). The summed E-state index contributed by atoms with van der Waals surface area (Å²) >= 11 is 0. The van der Waals surface area contributed by atoms with E-state index in [2.05, 4.69) is 33.3 Å². The Kier molecular flexibility index (Phi) is 4.76. The predicted octanol–water partition coefficient (Wildman–Crippen LogP) is 4.28. The van der Waals surface area contributed by atoms with E-state index in [1.165, 1.54) is 30.7 Å². The smallest absolute Gasteiger partial charge is 0.125 e. The summed E-state index contributed by atoms with van der Waals surface area (Å²) in [5.41, 5.74) is 2.85. The molecule has 1 fully saturated rings. The Hall–Kier alpha value is -2.21. The molecule has 1 saturated heterocycles. The number of aromatic nitrogens is 4. The summed E-state index contributed by atoms with van der Waals surface area (Å²) in [7, 11) is 0. The Morgan fingerprint density at radius 3 is 3.04 bits per heavy atom. The molecule has 1 N–H and O–H groups in total. The first-order chi connectivity index (χ1) is 12.6. The highest BCUT2D eigenvalue weighted by molar-refractivity contribution is 5.75. The van der Waals surface area contributed by atoms with Gasteiger partial charge in [-0.05, 0) is 43.5 Å². The first-order valence-electron chi connectivity index (χ1n) is 9.48. The predicted molar refractivity (Wildman–Crippen MR) is 100 cm³/mol. The third-order valence-electron chi connectivity index (χ3n) is 5.12. The van der Waals surface area contributed by atoms with Gasteiger partial charge in [0.1, 0.15) is 11.6 Å². The van der Waals surface area contributed by atoms with Crippen molar-refractivity contribution < 1.29 is 4.39 Å². The fraction of sp³-hybridized carbons (Fsp3) is 0.500. The van der Waals surface area contributed by atoms with Crippen LogP contribution in [-0.2, 0) is 13.1 Å². The van der Waals surface area contributed by atoms with Gasteiger partial charge in [0.15, 0.2) is 0 Å². The lowest BCUT2D eigenvalue weighted by molar-refractivity contribution is 0.131. The second kappa shape index (κ2) is 7.19. The summed E-state index contributed by atoms with van der Waals surface area (Å²) in [6, 6.07) is 4.98. The van der Waals surface area contributed by atoms with Gasteiger partial charge in [0.25, 0.3) is 0 Å². The lowest BCUT2D eigenvalue weighted by atomic mass is 10.0. The number of imidazole rings is 2. The third kappa shape index (κ3) is 3.51. The van der Waals surface area contributed by atoms with Crippen molar-refractivity contribution in [2.75, 3.05) is 6.54 Å². The third-order valence-corrected chi connectivity index (χ3v) is 5.12. The number of aromatic amines is 1. The fourth-order valence-electron chi connectivity index (χ4n) is 3.89. The molecule has 6 heteroatoms. The van der Waals surface area contributed by atoms with E-state index in [9.17, 15) is 4.39 Å². The topological polar surface area (TPSA) is 49.7 Å². The monoisotopic (exact) mass is 355 g/mol. The summed E-state index contributed by atoms with van der Waals surface area (Å²) in [4.78, 5) is 14.9. The van der Waals surface area contributed by atoms with Crippen molar-refractivity contribution in [1.82, 2.24) is 24.4 Å². The molecular weight excluding hydrogens is 329 g/mol. The molecule has 138 valence electrons. The van der Waals surface area contributed by atoms with Crippen LogP contribution in [0.3, 0.4) is 0 Å². The van der Waals surface area contributed by atoms with Crippen LogP contribution in [0.1, 0.15) is 50.7 Å². The van der Waals surface area contributed by atoms with Crippen molar-refractivity contribution in [2.24, 2.45) is 5.92 Å². The Bertz CT molecular complexity index is 881. The van der Waals surface area contributed by atoms with Crippen molar-refractivity contribution >= 4 is 11.0 Å². The summed E-state index contributed by atoms with van der Waals surface area (Å²) in [5.74, 6) is 1.30. The van der Waals surface area contributed by atoms with Gasteiger partial charge in [-0.15, -0.1) is 0 Å². The molecule has 3 aromatic rings. The van der Waals surface area contributed by atoms with E-state index in [-0.39, 0.29) is 11.9 Å². The standard InChI is InChI=1S/C20H26FN5/c1-14(2)11-26-13-22-10-16(26)12-25-8-4-3-5-19(25)20-23-17-7-6-15(21)9-18(17)24-20/h6-7,9-10,13-14,19H,3-5,8,11-12H2,1-2H3,(H,23,24)/t19-/m1/s1. The highest BCUT2D eigenvalue weighted by Crippen LogP contribution is 2.31. The lowest BCUT2D eigenvalue weighted by Gasteiger charge is -2.34. The van der Waals surface area contributed by atoms with E-state index >= 15 is 0 Å². The normalized spacial score (nSPS) is 18.8. The van der Waals surface area contributed by atoms with Gasteiger partial charge >= 0.3 is 0 Å². The van der Waals surface area contributed by atoms with Crippen LogP contribution in [0.2, 0.25) is 0 Å². The van der Waals surface area contributed by atoms with Crippen molar-refractivity contribution in [3.63, 3.8) is 0 Å². The molecule has 0 bridgehead atoms. The number of hydrogen-bond donors (Lipinski definition) is 1. The minimum absolute atomic E-state index is 0.231. The average Bonchev–Trinajstić information content (AvgIpc) is 3.21. The number of benzene rings is 1. The minimum Gasteiger partial charge on any atom is -0.341 e. The van der Waals surface area contributed by atoms with Gasteiger partial charge in [-0.1, -0.05) is 20.3 Å². The van der Waals surface area contributed by atoms with Gasteiger partial charge in [-0.25, -0.2) is 14.4 Å². The molecule has 0 radical (unpaired) electrons. The molecule has 1 aliphatic rings. The van der Waals surface area contributed by atoms with E-state index in [4.69, 9.17) is 4.98 Å². The average molecular weight is 355 g/mol. The van der Waals surface area contributed by atoms with Gasteiger partial charge in [0.2, 0.25) is 0 Å². The molecule has 3 heterocycles. The maximum Gasteiger partial charge on any atom is 0.125 e. The Labute approximate surface area is 153 Å². The van der Waals surface area contributed by atoms with Crippen molar-refractivity contribution in [3.8, 4) is 0 Å². The van der Waals surface area contributed by atoms with Crippen molar-refractivity contribution in [3.05, 3.63) is 48.1 Å². The second-order valence-corrected chi connectivity index (χ2v) is 7.70. The first-order valence-corrected chi connectivity index (χ1v) is 9.48. The maximum atomic E-state index is 13.5. The molecule has 26 heavy (non-hydrogen) atoms. The zero-order chi connectivity index (χ0) is 18.1. The minimum atomic E-state index is -0.231. The van der Waals surface area contributed by atoms with Gasteiger partial charge < -0.3 is 9.55 Å². The highest BCUT2D eigenvalue weighted by Gasteiger charge is 2.27. The van der Waals surface area contributed by atoms with E-state index in [1.807, 2.05) is 12.5 Å². The first kappa shape index (κ1) is 17.2. The van der Waals surface area contributed by atoms with Gasteiger partial charge in [0.05, 0.1) is 29.1 Å². The largest absolute Gasteiger partial charge is 0.341 e. The SMILES string of the molecule is CC(C)Cn1cncc1CN1CCCC[C@@H]1c1nc2ccc(F)cc2[nH]1. The van der Waals surface area contributed by atoms with Crippen LogP contribution in [0.15, 0.2) is 30.7 Å². The van der Waals surface area contributed by atoms with E-state index < -0.39 is 0 Å². The zero-order valence-electron chi connectivity index (χ0n) is 15.5. The summed E-state index contributed by atoms with van der Waals surface area (Å²) < 4.78 is 15.8. The molecule has 1 aromatic carbocycles. The number of nitrogens with zero attached hydrogens (tertiary/aromatic N) is 4. The number of hydrogen-bond acceptors (Lipinski definition) is 3. The van der Waals surface area contributed by atoms with Crippen molar-refractivity contribution in [1.29, 1.82) is 0 Å². The van der Waals surface area contributed by atoms with Crippen LogP contribution >= 0.6 is 0 Å². The molecule has 0 spiro atoms. The number of halogens is 1. The molecule has 2 aromatic heterocycles. The number of rotatable bonds is 5. The zero-order valence-corrected chi connectivity index (χ0v) is 15.5. The van der Waals surface area contributed by atoms with Gasteiger partial charge in [-0.3, -0.25) is 4.90 Å². The summed E-state index contributed by atoms with van der Waals surface area (Å²) in [6.45, 7) is 7.34. The number of likely N-dealkylation sites (tertiary alicyclic amines) is 1. The van der Waals surface area contributed by atoms with Crippen LogP contribution in [0, 0.1) is 11.7 Å². The Morgan fingerprint density at radius 2 is 2.19 bits per heavy atom. The van der Waals surface area contributed by atoms with E-state index in [0.717, 1.165) is 42.9 Å². The lowest BCUT2D eigenvalue weighted by Crippen LogP contribution is -2.34. The number of H-pyrrole nitrogens is 1. The molecule has 0 aliphatic carbocycles. The molecule has 1 aliphatic heterocycles. The molecule has 5 nitrogen and oxygen atoms in total. The summed E-state index contributed by atoms with van der Waals surface area (Å²) in [6.07, 6.45) is 7.36. The Morgan fingerprint density at radius 1 is 1.31 bits per heavy atom. The van der Waals surface area contributed by atoms with Crippen LogP contribution < -0.4 is 0 Å². The van der Waals surface area contributed by atoms with Crippen LogP contribution in [0.5, 0.6) is 0 Å². The quantitative estimate of drug-likeness (QED) is 0.743. The molecule has 0 amide bonds.